The van der Waals surface area contributed by atoms with Crippen molar-refractivity contribution < 1.29 is 18.8 Å². The molecule has 0 radical (unpaired) electrons. The molecule has 1 atom stereocenters. The summed E-state index contributed by atoms with van der Waals surface area (Å²) in [5, 5.41) is 9.96. The SMILES string of the molecule is CCCCN(CCN1CCCC1)c1cc(C(=O)O)cc(S(=O)N2CCCC2)c1OCc1ccccc1. The number of anilines is 1. The molecule has 2 heterocycles. The van der Waals surface area contributed by atoms with Gasteiger partial charge >= 0.3 is 5.97 Å². The van der Waals surface area contributed by atoms with Crippen molar-refractivity contribution in [3.05, 3.63) is 53.6 Å². The number of ether oxygens (including phenoxy) is 1. The molecule has 0 bridgehead atoms. The minimum absolute atomic E-state index is 0.155. The first kappa shape index (κ1) is 26.6. The standard InChI is InChI=1S/C28H39N3O4S/c1-2-3-15-30(19-18-29-13-7-8-14-29)25-20-24(28(32)33)21-26(36(34)31-16-9-10-17-31)27(25)35-22-23-11-5-4-6-12-23/h4-6,11-12,20-21H,2-3,7-10,13-19,22H2,1H3,(H,32,33). The van der Waals surface area contributed by atoms with Crippen molar-refractivity contribution in [1.82, 2.24) is 9.21 Å². The largest absolute Gasteiger partial charge is 0.485 e. The fourth-order valence-corrected chi connectivity index (χ4v) is 6.33. The Morgan fingerprint density at radius 3 is 2.39 bits per heavy atom. The van der Waals surface area contributed by atoms with Gasteiger partial charge in [0.25, 0.3) is 0 Å². The van der Waals surface area contributed by atoms with Gasteiger partial charge in [0.05, 0.1) is 16.1 Å². The van der Waals surface area contributed by atoms with Gasteiger partial charge in [-0.15, -0.1) is 0 Å². The van der Waals surface area contributed by atoms with Crippen molar-refractivity contribution in [3.8, 4) is 5.75 Å². The molecule has 36 heavy (non-hydrogen) atoms. The Hall–Kier alpha value is -2.42. The van der Waals surface area contributed by atoms with Gasteiger partial charge in [-0.05, 0) is 62.9 Å². The van der Waals surface area contributed by atoms with Gasteiger partial charge in [-0.1, -0.05) is 43.7 Å². The average Bonchev–Trinajstić information content (AvgIpc) is 3.62. The summed E-state index contributed by atoms with van der Waals surface area (Å²) in [6, 6.07) is 13.2. The van der Waals surface area contributed by atoms with Crippen molar-refractivity contribution in [2.24, 2.45) is 0 Å². The first-order valence-electron chi connectivity index (χ1n) is 13.3. The van der Waals surface area contributed by atoms with E-state index in [4.69, 9.17) is 4.74 Å². The van der Waals surface area contributed by atoms with Gasteiger partial charge in [0.1, 0.15) is 17.6 Å². The second-order valence-electron chi connectivity index (χ2n) is 9.68. The first-order chi connectivity index (χ1) is 17.6. The summed E-state index contributed by atoms with van der Waals surface area (Å²) in [6.45, 7) is 8.69. The Balaban J connectivity index is 1.74. The molecule has 4 rings (SSSR count). The number of carboxylic acid groups (broad SMARTS) is 1. The molecule has 0 amide bonds. The van der Waals surface area contributed by atoms with E-state index in [1.54, 1.807) is 12.1 Å². The molecule has 1 N–H and O–H groups in total. The number of rotatable bonds is 13. The lowest BCUT2D eigenvalue weighted by Gasteiger charge is -2.30. The van der Waals surface area contributed by atoms with Crippen molar-refractivity contribution >= 4 is 22.6 Å². The van der Waals surface area contributed by atoms with Crippen LogP contribution in [0.15, 0.2) is 47.4 Å². The van der Waals surface area contributed by atoms with E-state index in [9.17, 15) is 14.1 Å². The third-order valence-electron chi connectivity index (χ3n) is 7.00. The minimum Gasteiger partial charge on any atom is -0.485 e. The van der Waals surface area contributed by atoms with Crippen LogP contribution in [0.5, 0.6) is 5.75 Å². The van der Waals surface area contributed by atoms with Crippen LogP contribution in [0.1, 0.15) is 61.4 Å². The predicted molar refractivity (Wildman–Crippen MR) is 144 cm³/mol. The second kappa shape index (κ2) is 13.2. The van der Waals surface area contributed by atoms with Gasteiger partial charge < -0.3 is 19.6 Å². The van der Waals surface area contributed by atoms with Crippen LogP contribution in [-0.4, -0.2) is 70.3 Å². The number of hydrogen-bond acceptors (Lipinski definition) is 5. The van der Waals surface area contributed by atoms with Crippen LogP contribution in [0.4, 0.5) is 5.69 Å². The topological polar surface area (TPSA) is 73.3 Å². The third kappa shape index (κ3) is 6.87. The van der Waals surface area contributed by atoms with Crippen LogP contribution in [0.25, 0.3) is 0 Å². The summed E-state index contributed by atoms with van der Waals surface area (Å²) < 4.78 is 22.1. The number of benzene rings is 2. The molecule has 0 saturated carbocycles. The number of hydrogen-bond donors (Lipinski definition) is 1. The van der Waals surface area contributed by atoms with E-state index < -0.39 is 17.0 Å². The molecular weight excluding hydrogens is 474 g/mol. The molecule has 8 heteroatoms. The van der Waals surface area contributed by atoms with E-state index in [0.29, 0.717) is 17.3 Å². The molecule has 2 aromatic carbocycles. The summed E-state index contributed by atoms with van der Waals surface area (Å²) in [5.41, 5.74) is 1.91. The summed E-state index contributed by atoms with van der Waals surface area (Å²) in [5.74, 6) is -0.466. The Morgan fingerprint density at radius 2 is 1.72 bits per heavy atom. The highest BCUT2D eigenvalue weighted by Gasteiger charge is 2.28. The van der Waals surface area contributed by atoms with Gasteiger partial charge in [-0.2, -0.15) is 0 Å². The maximum atomic E-state index is 13.7. The van der Waals surface area contributed by atoms with E-state index in [1.165, 1.54) is 12.8 Å². The van der Waals surface area contributed by atoms with Crippen molar-refractivity contribution in [2.75, 3.05) is 50.7 Å². The summed E-state index contributed by atoms with van der Waals surface area (Å²) in [7, 11) is -1.49. The zero-order chi connectivity index (χ0) is 25.3. The van der Waals surface area contributed by atoms with Crippen LogP contribution in [0.2, 0.25) is 0 Å². The lowest BCUT2D eigenvalue weighted by atomic mass is 10.1. The molecule has 2 aliphatic heterocycles. The lowest BCUT2D eigenvalue weighted by Crippen LogP contribution is -2.35. The Bertz CT molecular complexity index is 1020. The number of nitrogens with zero attached hydrogens (tertiary/aromatic N) is 3. The molecule has 2 saturated heterocycles. The van der Waals surface area contributed by atoms with E-state index >= 15 is 0 Å². The van der Waals surface area contributed by atoms with Gasteiger partial charge in [0.2, 0.25) is 0 Å². The Kier molecular flexibility index (Phi) is 9.78. The number of carbonyl (C=O) groups is 1. The monoisotopic (exact) mass is 513 g/mol. The number of aromatic carboxylic acids is 1. The fourth-order valence-electron chi connectivity index (χ4n) is 4.91. The Morgan fingerprint density at radius 1 is 1.03 bits per heavy atom. The fraction of sp³-hybridized carbons (Fsp3) is 0.536. The minimum atomic E-state index is -1.49. The first-order valence-corrected chi connectivity index (χ1v) is 14.4. The van der Waals surface area contributed by atoms with Crippen LogP contribution in [-0.2, 0) is 17.6 Å². The summed E-state index contributed by atoms with van der Waals surface area (Å²) in [4.78, 5) is 17.3. The number of carboxylic acids is 1. The summed E-state index contributed by atoms with van der Waals surface area (Å²) in [6.07, 6.45) is 6.47. The molecule has 2 aromatic rings. The van der Waals surface area contributed by atoms with Crippen molar-refractivity contribution in [1.29, 1.82) is 0 Å². The number of unbranched alkanes of at least 4 members (excludes halogenated alkanes) is 1. The zero-order valence-corrected chi connectivity index (χ0v) is 22.2. The lowest BCUT2D eigenvalue weighted by molar-refractivity contribution is 0.0696. The van der Waals surface area contributed by atoms with E-state index in [0.717, 1.165) is 82.7 Å². The molecular formula is C28H39N3O4S. The maximum absolute atomic E-state index is 13.7. The normalized spacial score (nSPS) is 17.4. The van der Waals surface area contributed by atoms with E-state index in [2.05, 4.69) is 16.7 Å². The van der Waals surface area contributed by atoms with Crippen LogP contribution in [0.3, 0.4) is 0 Å². The smallest absolute Gasteiger partial charge is 0.335 e. The zero-order valence-electron chi connectivity index (χ0n) is 21.4. The molecule has 1 unspecified atom stereocenters. The van der Waals surface area contributed by atoms with Gasteiger partial charge in [0, 0.05) is 32.7 Å². The molecule has 0 aliphatic carbocycles. The second-order valence-corrected chi connectivity index (χ2v) is 11.1. The molecule has 0 aromatic heterocycles. The van der Waals surface area contributed by atoms with Gasteiger partial charge in [-0.3, -0.25) is 0 Å². The van der Waals surface area contributed by atoms with E-state index in [1.807, 2.05) is 34.6 Å². The van der Waals surface area contributed by atoms with E-state index in [-0.39, 0.29) is 5.56 Å². The highest BCUT2D eigenvalue weighted by atomic mass is 32.2. The van der Waals surface area contributed by atoms with Gasteiger partial charge in [-0.25, -0.2) is 13.3 Å². The molecule has 2 aliphatic rings. The van der Waals surface area contributed by atoms with Crippen LogP contribution in [0, 0.1) is 0 Å². The molecule has 196 valence electrons. The molecule has 2 fully saturated rings. The number of likely N-dealkylation sites (tertiary alicyclic amines) is 1. The molecule has 0 spiro atoms. The third-order valence-corrected chi connectivity index (χ3v) is 8.52. The van der Waals surface area contributed by atoms with Gasteiger partial charge in [0.15, 0.2) is 5.75 Å². The molecule has 7 nitrogen and oxygen atoms in total. The van der Waals surface area contributed by atoms with Crippen molar-refractivity contribution in [2.45, 2.75) is 57.0 Å². The summed E-state index contributed by atoms with van der Waals surface area (Å²) >= 11 is 0. The predicted octanol–water partition coefficient (Wildman–Crippen LogP) is 4.78. The maximum Gasteiger partial charge on any atom is 0.335 e. The van der Waals surface area contributed by atoms with Crippen LogP contribution < -0.4 is 9.64 Å². The Labute approximate surface area is 217 Å². The van der Waals surface area contributed by atoms with Crippen molar-refractivity contribution in [3.63, 3.8) is 0 Å². The van der Waals surface area contributed by atoms with Crippen LogP contribution >= 0.6 is 0 Å². The highest BCUT2D eigenvalue weighted by Crippen LogP contribution is 2.38. The quantitative estimate of drug-likeness (QED) is 0.415. The highest BCUT2D eigenvalue weighted by molar-refractivity contribution is 7.82. The average molecular weight is 514 g/mol.